The minimum absolute atomic E-state index is 0.135. The zero-order valence-corrected chi connectivity index (χ0v) is 13.4. The summed E-state index contributed by atoms with van der Waals surface area (Å²) in [6.45, 7) is 9.36. The summed E-state index contributed by atoms with van der Waals surface area (Å²) in [6.07, 6.45) is 6.58. The minimum atomic E-state index is -0.358. The molecule has 118 valence electrons. The van der Waals surface area contributed by atoms with Gasteiger partial charge < -0.3 is 5.32 Å². The van der Waals surface area contributed by atoms with Crippen LogP contribution in [0.3, 0.4) is 0 Å². The second-order valence-electron chi connectivity index (χ2n) is 5.89. The Balaban J connectivity index is 2.09. The SMILES string of the molecule is C=C(C1=CCC(NCCC)CC1)c1ccc([N+](=O)[O-])cc1C. The number of nitrogens with one attached hydrogen (secondary N) is 1. The van der Waals surface area contributed by atoms with Crippen LogP contribution in [-0.4, -0.2) is 17.5 Å². The van der Waals surface area contributed by atoms with E-state index in [1.165, 1.54) is 5.57 Å². The first-order valence-corrected chi connectivity index (χ1v) is 7.90. The Hall–Kier alpha value is -1.94. The summed E-state index contributed by atoms with van der Waals surface area (Å²) < 4.78 is 0. The van der Waals surface area contributed by atoms with Crippen LogP contribution in [0.2, 0.25) is 0 Å². The van der Waals surface area contributed by atoms with E-state index in [4.69, 9.17) is 0 Å². The Morgan fingerprint density at radius 2 is 2.27 bits per heavy atom. The highest BCUT2D eigenvalue weighted by molar-refractivity contribution is 5.79. The van der Waals surface area contributed by atoms with Gasteiger partial charge in [-0.25, -0.2) is 0 Å². The summed E-state index contributed by atoms with van der Waals surface area (Å²) in [4.78, 5) is 10.5. The fourth-order valence-electron chi connectivity index (χ4n) is 2.92. The first kappa shape index (κ1) is 16.4. The molecule has 1 unspecified atom stereocenters. The quantitative estimate of drug-likeness (QED) is 0.626. The van der Waals surface area contributed by atoms with Gasteiger partial charge in [0.1, 0.15) is 0 Å². The molecule has 0 saturated heterocycles. The van der Waals surface area contributed by atoms with Crippen molar-refractivity contribution in [1.29, 1.82) is 0 Å². The van der Waals surface area contributed by atoms with Crippen LogP contribution in [0.15, 0.2) is 36.4 Å². The lowest BCUT2D eigenvalue weighted by molar-refractivity contribution is -0.384. The minimum Gasteiger partial charge on any atom is -0.314 e. The number of nitro benzene ring substituents is 1. The highest BCUT2D eigenvalue weighted by Gasteiger charge is 2.17. The van der Waals surface area contributed by atoms with Gasteiger partial charge in [-0.15, -0.1) is 0 Å². The molecule has 2 rings (SSSR count). The zero-order chi connectivity index (χ0) is 16.1. The Bertz CT molecular complexity index is 605. The molecular weight excluding hydrogens is 276 g/mol. The Morgan fingerprint density at radius 3 is 2.82 bits per heavy atom. The molecule has 0 bridgehead atoms. The third kappa shape index (κ3) is 3.83. The Kier molecular flexibility index (Phi) is 5.50. The molecular formula is C18H24N2O2. The van der Waals surface area contributed by atoms with E-state index in [9.17, 15) is 10.1 Å². The fraction of sp³-hybridized carbons (Fsp3) is 0.444. The van der Waals surface area contributed by atoms with Crippen LogP contribution in [0.25, 0.3) is 5.57 Å². The van der Waals surface area contributed by atoms with E-state index in [-0.39, 0.29) is 10.6 Å². The summed E-state index contributed by atoms with van der Waals surface area (Å²) in [5, 5.41) is 14.4. The number of non-ortho nitro benzene ring substituents is 1. The zero-order valence-electron chi connectivity index (χ0n) is 13.4. The molecule has 4 nitrogen and oxygen atoms in total. The molecule has 4 heteroatoms. The van der Waals surface area contributed by atoms with Crippen molar-refractivity contribution in [3.63, 3.8) is 0 Å². The summed E-state index contributed by atoms with van der Waals surface area (Å²) in [5.74, 6) is 0. The number of nitrogens with zero attached hydrogens (tertiary/aromatic N) is 1. The van der Waals surface area contributed by atoms with Gasteiger partial charge in [-0.3, -0.25) is 10.1 Å². The van der Waals surface area contributed by atoms with E-state index in [0.29, 0.717) is 6.04 Å². The summed E-state index contributed by atoms with van der Waals surface area (Å²) >= 11 is 0. The van der Waals surface area contributed by atoms with Crippen LogP contribution >= 0.6 is 0 Å². The highest BCUT2D eigenvalue weighted by atomic mass is 16.6. The lowest BCUT2D eigenvalue weighted by Gasteiger charge is -2.24. The lowest BCUT2D eigenvalue weighted by Crippen LogP contribution is -2.31. The second-order valence-corrected chi connectivity index (χ2v) is 5.89. The van der Waals surface area contributed by atoms with E-state index >= 15 is 0 Å². The number of rotatable bonds is 6. The Morgan fingerprint density at radius 1 is 1.50 bits per heavy atom. The lowest BCUT2D eigenvalue weighted by atomic mass is 9.87. The summed E-state index contributed by atoms with van der Waals surface area (Å²) in [5.41, 5.74) is 4.33. The van der Waals surface area contributed by atoms with Gasteiger partial charge in [0.25, 0.3) is 5.69 Å². The number of benzene rings is 1. The molecule has 1 atom stereocenters. The van der Waals surface area contributed by atoms with Crippen molar-refractivity contribution in [2.24, 2.45) is 0 Å². The van der Waals surface area contributed by atoms with Crippen LogP contribution < -0.4 is 5.32 Å². The molecule has 0 spiro atoms. The molecule has 1 aliphatic rings. The molecule has 1 aromatic rings. The third-order valence-electron chi connectivity index (χ3n) is 4.23. The van der Waals surface area contributed by atoms with Gasteiger partial charge in [0.05, 0.1) is 4.92 Å². The van der Waals surface area contributed by atoms with Crippen LogP contribution in [0, 0.1) is 17.0 Å². The van der Waals surface area contributed by atoms with Gasteiger partial charge >= 0.3 is 0 Å². The maximum atomic E-state index is 10.8. The van der Waals surface area contributed by atoms with Crippen molar-refractivity contribution >= 4 is 11.3 Å². The van der Waals surface area contributed by atoms with E-state index < -0.39 is 0 Å². The van der Waals surface area contributed by atoms with E-state index in [1.54, 1.807) is 12.1 Å². The summed E-state index contributed by atoms with van der Waals surface area (Å²) in [6, 6.07) is 5.56. The molecule has 0 aliphatic heterocycles. The number of aryl methyl sites for hydroxylation is 1. The van der Waals surface area contributed by atoms with Crippen LogP contribution in [-0.2, 0) is 0 Å². The van der Waals surface area contributed by atoms with Gasteiger partial charge in [0, 0.05) is 18.2 Å². The second kappa shape index (κ2) is 7.36. The van der Waals surface area contributed by atoms with Crippen molar-refractivity contribution in [3.05, 3.63) is 57.7 Å². The molecule has 0 heterocycles. The molecule has 0 amide bonds. The number of hydrogen-bond acceptors (Lipinski definition) is 3. The van der Waals surface area contributed by atoms with Crippen molar-refractivity contribution in [2.75, 3.05) is 6.54 Å². The van der Waals surface area contributed by atoms with Gasteiger partial charge in [0.2, 0.25) is 0 Å². The molecule has 0 aromatic heterocycles. The van der Waals surface area contributed by atoms with Crippen LogP contribution in [0.5, 0.6) is 0 Å². The first-order chi connectivity index (χ1) is 10.5. The normalized spacial score (nSPS) is 17.9. The fourth-order valence-corrected chi connectivity index (χ4v) is 2.92. The third-order valence-corrected chi connectivity index (χ3v) is 4.23. The molecule has 0 saturated carbocycles. The van der Waals surface area contributed by atoms with Gasteiger partial charge in [-0.2, -0.15) is 0 Å². The van der Waals surface area contributed by atoms with E-state index in [0.717, 1.165) is 48.9 Å². The molecule has 0 fully saturated rings. The van der Waals surface area contributed by atoms with Crippen molar-refractivity contribution < 1.29 is 4.92 Å². The first-order valence-electron chi connectivity index (χ1n) is 7.90. The predicted octanol–water partition coefficient (Wildman–Crippen LogP) is 4.39. The van der Waals surface area contributed by atoms with Crippen LogP contribution in [0.1, 0.15) is 43.7 Å². The highest BCUT2D eigenvalue weighted by Crippen LogP contribution is 2.32. The Labute approximate surface area is 132 Å². The standard InChI is InChI=1S/C18H24N2O2/c1-4-11-19-16-7-5-15(6-8-16)14(3)18-10-9-17(20(21)22)12-13(18)2/h5,9-10,12,16,19H,3-4,6-8,11H2,1-2H3. The number of allylic oxidation sites excluding steroid dienone is 2. The van der Waals surface area contributed by atoms with E-state index in [2.05, 4.69) is 24.9 Å². The average molecular weight is 300 g/mol. The predicted molar refractivity (Wildman–Crippen MR) is 90.9 cm³/mol. The molecule has 1 aliphatic carbocycles. The van der Waals surface area contributed by atoms with E-state index in [1.807, 2.05) is 13.0 Å². The molecule has 0 radical (unpaired) electrons. The maximum Gasteiger partial charge on any atom is 0.269 e. The van der Waals surface area contributed by atoms with Crippen molar-refractivity contribution in [3.8, 4) is 0 Å². The molecule has 1 aromatic carbocycles. The topological polar surface area (TPSA) is 55.2 Å². The number of nitro groups is 1. The molecule has 22 heavy (non-hydrogen) atoms. The number of hydrogen-bond donors (Lipinski definition) is 1. The van der Waals surface area contributed by atoms with Gasteiger partial charge in [-0.1, -0.05) is 19.6 Å². The smallest absolute Gasteiger partial charge is 0.269 e. The van der Waals surface area contributed by atoms with Crippen molar-refractivity contribution in [1.82, 2.24) is 5.32 Å². The van der Waals surface area contributed by atoms with Gasteiger partial charge in [0.15, 0.2) is 0 Å². The molecule has 1 N–H and O–H groups in total. The summed E-state index contributed by atoms with van der Waals surface area (Å²) in [7, 11) is 0. The van der Waals surface area contributed by atoms with Crippen molar-refractivity contribution in [2.45, 2.75) is 45.6 Å². The van der Waals surface area contributed by atoms with Crippen LogP contribution in [0.4, 0.5) is 5.69 Å². The van der Waals surface area contributed by atoms with Gasteiger partial charge in [-0.05, 0) is 67.5 Å². The largest absolute Gasteiger partial charge is 0.314 e. The maximum absolute atomic E-state index is 10.8. The monoisotopic (exact) mass is 300 g/mol. The average Bonchev–Trinajstić information content (AvgIpc) is 2.52.